The van der Waals surface area contributed by atoms with Gasteiger partial charge in [-0.15, -0.1) is 0 Å². The summed E-state index contributed by atoms with van der Waals surface area (Å²) >= 11 is 0. The largest absolute Gasteiger partial charge is 0.393 e. The Bertz CT molecular complexity index is 323. The summed E-state index contributed by atoms with van der Waals surface area (Å²) in [6.45, 7) is 1.57. The first-order valence-corrected chi connectivity index (χ1v) is 5.88. The van der Waals surface area contributed by atoms with Crippen LogP contribution in [0, 0.1) is 11.8 Å². The van der Waals surface area contributed by atoms with Crippen LogP contribution in [0.5, 0.6) is 0 Å². The van der Waals surface area contributed by atoms with Crippen molar-refractivity contribution in [2.24, 2.45) is 17.6 Å². The molecule has 6 heteroatoms. The van der Waals surface area contributed by atoms with Crippen molar-refractivity contribution in [1.29, 1.82) is 0 Å². The van der Waals surface area contributed by atoms with Crippen molar-refractivity contribution >= 4 is 5.91 Å². The van der Waals surface area contributed by atoms with E-state index in [1.165, 1.54) is 4.90 Å². The van der Waals surface area contributed by atoms with E-state index in [0.29, 0.717) is 0 Å². The van der Waals surface area contributed by atoms with E-state index in [0.717, 1.165) is 12.8 Å². The van der Waals surface area contributed by atoms with Crippen LogP contribution in [0.2, 0.25) is 0 Å². The van der Waals surface area contributed by atoms with E-state index in [1.54, 1.807) is 6.92 Å². The van der Waals surface area contributed by atoms with Gasteiger partial charge in [-0.2, -0.15) is 13.2 Å². The molecule has 0 bridgehead atoms. The zero-order valence-corrected chi connectivity index (χ0v) is 9.76. The van der Waals surface area contributed by atoms with E-state index in [4.69, 9.17) is 5.73 Å². The van der Waals surface area contributed by atoms with Gasteiger partial charge in [-0.25, -0.2) is 0 Å². The standard InChI is InChI=1S/C11H17F3N2O/c1-10(15,7-2-3-7)9(17)16-5-4-8(6-16)11(12,13)14/h7-8H,2-6,15H2,1H3. The summed E-state index contributed by atoms with van der Waals surface area (Å²) in [5.41, 5.74) is 4.94. The first-order valence-electron chi connectivity index (χ1n) is 5.88. The van der Waals surface area contributed by atoms with E-state index in [2.05, 4.69) is 0 Å². The van der Waals surface area contributed by atoms with Crippen LogP contribution in [0.4, 0.5) is 13.2 Å². The second-order valence-corrected chi connectivity index (χ2v) is 5.34. The molecule has 98 valence electrons. The van der Waals surface area contributed by atoms with Crippen LogP contribution in [0.3, 0.4) is 0 Å². The maximum atomic E-state index is 12.5. The number of hydrogen-bond donors (Lipinski definition) is 1. The van der Waals surface area contributed by atoms with Gasteiger partial charge in [0.2, 0.25) is 5.91 Å². The number of nitrogens with zero attached hydrogens (tertiary/aromatic N) is 1. The molecule has 2 fully saturated rings. The first-order chi connectivity index (χ1) is 7.73. The third-order valence-electron chi connectivity index (χ3n) is 3.82. The third kappa shape index (κ3) is 2.41. The molecular weight excluding hydrogens is 233 g/mol. The van der Waals surface area contributed by atoms with Crippen molar-refractivity contribution in [2.45, 2.75) is 37.9 Å². The van der Waals surface area contributed by atoms with Gasteiger partial charge in [-0.1, -0.05) is 0 Å². The second-order valence-electron chi connectivity index (χ2n) is 5.34. The number of likely N-dealkylation sites (tertiary alicyclic amines) is 1. The molecule has 0 aromatic rings. The molecule has 1 aliphatic heterocycles. The summed E-state index contributed by atoms with van der Waals surface area (Å²) in [6, 6.07) is 0. The van der Waals surface area contributed by atoms with Gasteiger partial charge in [-0.3, -0.25) is 4.79 Å². The van der Waals surface area contributed by atoms with Crippen LogP contribution >= 0.6 is 0 Å². The van der Waals surface area contributed by atoms with Crippen LogP contribution in [0.25, 0.3) is 0 Å². The topological polar surface area (TPSA) is 46.3 Å². The molecule has 2 unspecified atom stereocenters. The molecule has 3 nitrogen and oxygen atoms in total. The molecule has 17 heavy (non-hydrogen) atoms. The molecular formula is C11H17F3N2O. The molecule has 0 aromatic carbocycles. The van der Waals surface area contributed by atoms with Gasteiger partial charge in [0.25, 0.3) is 0 Å². The molecule has 2 atom stereocenters. The van der Waals surface area contributed by atoms with Gasteiger partial charge in [0.1, 0.15) is 0 Å². The van der Waals surface area contributed by atoms with Crippen molar-refractivity contribution in [3.63, 3.8) is 0 Å². The lowest BCUT2D eigenvalue weighted by Gasteiger charge is -2.29. The number of carbonyl (C=O) groups is 1. The molecule has 0 spiro atoms. The minimum absolute atomic E-state index is 0.00398. The monoisotopic (exact) mass is 250 g/mol. The van der Waals surface area contributed by atoms with Gasteiger partial charge in [-0.05, 0) is 32.1 Å². The molecule has 2 aliphatic rings. The molecule has 0 aromatic heterocycles. The Morgan fingerprint density at radius 3 is 2.24 bits per heavy atom. The molecule has 1 amide bonds. The Kier molecular flexibility index (Phi) is 2.88. The summed E-state index contributed by atoms with van der Waals surface area (Å²) in [7, 11) is 0. The van der Waals surface area contributed by atoms with Crippen molar-refractivity contribution in [1.82, 2.24) is 4.90 Å². The minimum atomic E-state index is -4.21. The highest BCUT2D eigenvalue weighted by molar-refractivity contribution is 5.86. The summed E-state index contributed by atoms with van der Waals surface area (Å²) in [5.74, 6) is -1.58. The number of carbonyl (C=O) groups excluding carboxylic acids is 1. The van der Waals surface area contributed by atoms with Crippen molar-refractivity contribution in [2.75, 3.05) is 13.1 Å². The van der Waals surface area contributed by atoms with Gasteiger partial charge in [0, 0.05) is 13.1 Å². The zero-order valence-electron chi connectivity index (χ0n) is 9.76. The maximum Gasteiger partial charge on any atom is 0.393 e. The normalized spacial score (nSPS) is 29.2. The van der Waals surface area contributed by atoms with Gasteiger partial charge >= 0.3 is 6.18 Å². The summed E-state index contributed by atoms with van der Waals surface area (Å²) in [6.07, 6.45) is -2.42. The van der Waals surface area contributed by atoms with E-state index in [-0.39, 0.29) is 31.3 Å². The smallest absolute Gasteiger partial charge is 0.340 e. The lowest BCUT2D eigenvalue weighted by atomic mass is 9.95. The fourth-order valence-electron chi connectivity index (χ4n) is 2.41. The minimum Gasteiger partial charge on any atom is -0.340 e. The Labute approximate surface area is 98.1 Å². The van der Waals surface area contributed by atoms with Crippen molar-refractivity contribution < 1.29 is 18.0 Å². The van der Waals surface area contributed by atoms with E-state index < -0.39 is 17.6 Å². The lowest BCUT2D eigenvalue weighted by molar-refractivity contribution is -0.171. The number of nitrogens with two attached hydrogens (primary N) is 1. The first kappa shape index (κ1) is 12.7. The molecule has 1 heterocycles. The summed E-state index contributed by atoms with van der Waals surface area (Å²) in [5, 5.41) is 0. The van der Waals surface area contributed by atoms with Crippen LogP contribution in [0.1, 0.15) is 26.2 Å². The number of amides is 1. The molecule has 2 N–H and O–H groups in total. The van der Waals surface area contributed by atoms with Crippen molar-refractivity contribution in [3.8, 4) is 0 Å². The zero-order chi connectivity index (χ0) is 12.8. The highest BCUT2D eigenvalue weighted by Crippen LogP contribution is 2.40. The van der Waals surface area contributed by atoms with Gasteiger partial charge in [0.15, 0.2) is 0 Å². The Balaban J connectivity index is 1.99. The van der Waals surface area contributed by atoms with Crippen LogP contribution in [-0.4, -0.2) is 35.6 Å². The Morgan fingerprint density at radius 2 is 1.82 bits per heavy atom. The molecule has 1 saturated carbocycles. The Hall–Kier alpha value is -0.780. The number of halogens is 3. The summed E-state index contributed by atoms with van der Waals surface area (Å²) in [4.78, 5) is 13.3. The predicted octanol–water partition coefficient (Wildman–Crippen LogP) is 1.52. The number of hydrogen-bond acceptors (Lipinski definition) is 2. The number of alkyl halides is 3. The quantitative estimate of drug-likeness (QED) is 0.807. The average molecular weight is 250 g/mol. The van der Waals surface area contributed by atoms with Crippen LogP contribution < -0.4 is 5.73 Å². The fourth-order valence-corrected chi connectivity index (χ4v) is 2.41. The SMILES string of the molecule is CC(N)(C(=O)N1CCC(C(F)(F)F)C1)C1CC1. The molecule has 2 rings (SSSR count). The average Bonchev–Trinajstić information content (AvgIpc) is 2.94. The number of rotatable bonds is 2. The van der Waals surface area contributed by atoms with Crippen molar-refractivity contribution in [3.05, 3.63) is 0 Å². The fraction of sp³-hybridized carbons (Fsp3) is 0.909. The summed E-state index contributed by atoms with van der Waals surface area (Å²) < 4.78 is 37.5. The van der Waals surface area contributed by atoms with Gasteiger partial charge in [0.05, 0.1) is 11.5 Å². The highest BCUT2D eigenvalue weighted by atomic mass is 19.4. The molecule has 0 radical (unpaired) electrons. The van der Waals surface area contributed by atoms with Crippen LogP contribution in [-0.2, 0) is 4.79 Å². The van der Waals surface area contributed by atoms with Gasteiger partial charge < -0.3 is 10.6 Å². The third-order valence-corrected chi connectivity index (χ3v) is 3.82. The maximum absolute atomic E-state index is 12.5. The predicted molar refractivity (Wildman–Crippen MR) is 56.1 cm³/mol. The van der Waals surface area contributed by atoms with E-state index in [1.807, 2.05) is 0 Å². The van der Waals surface area contributed by atoms with E-state index >= 15 is 0 Å². The van der Waals surface area contributed by atoms with E-state index in [9.17, 15) is 18.0 Å². The van der Waals surface area contributed by atoms with Crippen LogP contribution in [0.15, 0.2) is 0 Å². The molecule has 1 saturated heterocycles. The molecule has 1 aliphatic carbocycles. The highest BCUT2D eigenvalue weighted by Gasteiger charge is 2.50. The lowest BCUT2D eigenvalue weighted by Crippen LogP contribution is -2.54. The Morgan fingerprint density at radius 1 is 1.24 bits per heavy atom. The second kappa shape index (κ2) is 3.86.